The molecule has 5 nitrogen and oxygen atoms in total. The van der Waals surface area contributed by atoms with Crippen LogP contribution in [0.15, 0.2) is 18.2 Å². The van der Waals surface area contributed by atoms with E-state index in [1.54, 1.807) is 19.1 Å². The molecule has 0 amide bonds. The number of carbonyl (C=O) groups is 1. The van der Waals surface area contributed by atoms with Gasteiger partial charge in [-0.15, -0.1) is 0 Å². The number of hydrogen-bond acceptors (Lipinski definition) is 5. The number of likely N-dealkylation sites (tertiary alicyclic amines) is 1. The third-order valence-corrected chi connectivity index (χ3v) is 4.67. The fourth-order valence-electron chi connectivity index (χ4n) is 3.23. The average Bonchev–Trinajstić information content (AvgIpc) is 2.89. The molecule has 1 aromatic carbocycles. The van der Waals surface area contributed by atoms with Crippen LogP contribution >= 0.6 is 0 Å². The summed E-state index contributed by atoms with van der Waals surface area (Å²) >= 11 is 0. The van der Waals surface area contributed by atoms with Crippen molar-refractivity contribution >= 4 is 5.78 Å². The van der Waals surface area contributed by atoms with Gasteiger partial charge in [-0.1, -0.05) is 19.8 Å². The Hall–Kier alpha value is -1.43. The molecule has 26 heavy (non-hydrogen) atoms. The number of aliphatic hydroxyl groups excluding tert-OH is 1. The molecular formula is C21H33NO4. The van der Waals surface area contributed by atoms with Gasteiger partial charge in [-0.3, -0.25) is 4.79 Å². The number of aliphatic hydroxyl groups is 1. The number of Topliss-reactive ketones (excluding diaryl/α,β-unsaturated/α-hetero) is 1. The molecule has 0 bridgehead atoms. The van der Waals surface area contributed by atoms with Gasteiger partial charge in [0.05, 0.1) is 6.61 Å². The molecule has 1 unspecified atom stereocenters. The van der Waals surface area contributed by atoms with Crippen molar-refractivity contribution in [3.63, 3.8) is 0 Å². The molecule has 1 aromatic rings. The minimum atomic E-state index is -0.523. The number of β-amino-alcohol motifs (C(OH)–C–C–N with tert-alkyl or cyclic N) is 1. The van der Waals surface area contributed by atoms with E-state index in [0.29, 0.717) is 31.1 Å². The van der Waals surface area contributed by atoms with Crippen LogP contribution in [0.25, 0.3) is 0 Å². The lowest BCUT2D eigenvalue weighted by molar-refractivity contribution is 0.0669. The van der Waals surface area contributed by atoms with Gasteiger partial charge in [0.25, 0.3) is 0 Å². The van der Waals surface area contributed by atoms with E-state index in [0.717, 1.165) is 25.1 Å². The normalized spacial score (nSPS) is 16.9. The predicted molar refractivity (Wildman–Crippen MR) is 103 cm³/mol. The molecule has 1 atom stereocenters. The first kappa shape index (κ1) is 20.9. The predicted octanol–water partition coefficient (Wildman–Crippen LogP) is 3.43. The molecule has 0 saturated carbocycles. The summed E-state index contributed by atoms with van der Waals surface area (Å²) < 4.78 is 11.5. The smallest absolute Gasteiger partial charge is 0.159 e. The molecule has 5 heteroatoms. The standard InChI is InChI=1S/C21H33NO4/c1-3-12-25-15-19-13-18(17(2)23)8-9-21(19)26-16-20(24)14-22-10-6-4-5-7-11-22/h8-9,13,20,24H,3-7,10-12,14-16H2,1-2H3. The fourth-order valence-corrected chi connectivity index (χ4v) is 3.23. The number of carbonyl (C=O) groups excluding carboxylic acids is 1. The Kier molecular flexibility index (Phi) is 9.09. The highest BCUT2D eigenvalue weighted by atomic mass is 16.5. The highest BCUT2D eigenvalue weighted by Crippen LogP contribution is 2.22. The van der Waals surface area contributed by atoms with E-state index >= 15 is 0 Å². The van der Waals surface area contributed by atoms with E-state index < -0.39 is 6.10 Å². The van der Waals surface area contributed by atoms with Crippen molar-refractivity contribution in [1.29, 1.82) is 0 Å². The zero-order valence-electron chi connectivity index (χ0n) is 16.2. The first-order chi connectivity index (χ1) is 12.6. The lowest BCUT2D eigenvalue weighted by atomic mass is 10.1. The lowest BCUT2D eigenvalue weighted by Crippen LogP contribution is -2.36. The van der Waals surface area contributed by atoms with E-state index in [1.807, 2.05) is 6.07 Å². The van der Waals surface area contributed by atoms with E-state index in [-0.39, 0.29) is 12.4 Å². The number of ketones is 1. The van der Waals surface area contributed by atoms with Gasteiger partial charge in [-0.25, -0.2) is 0 Å². The summed E-state index contributed by atoms with van der Waals surface area (Å²) in [6.45, 7) is 7.69. The van der Waals surface area contributed by atoms with Crippen molar-refractivity contribution in [3.8, 4) is 5.75 Å². The summed E-state index contributed by atoms with van der Waals surface area (Å²) in [6, 6.07) is 5.40. The Morgan fingerprint density at radius 3 is 2.62 bits per heavy atom. The van der Waals surface area contributed by atoms with Gasteiger partial charge >= 0.3 is 0 Å². The summed E-state index contributed by atoms with van der Waals surface area (Å²) in [5, 5.41) is 10.4. The molecule has 1 N–H and O–H groups in total. The topological polar surface area (TPSA) is 59.0 Å². The van der Waals surface area contributed by atoms with E-state index in [2.05, 4.69) is 11.8 Å². The Labute approximate surface area is 157 Å². The lowest BCUT2D eigenvalue weighted by Gasteiger charge is -2.23. The van der Waals surface area contributed by atoms with Crippen molar-refractivity contribution in [2.45, 2.75) is 58.7 Å². The van der Waals surface area contributed by atoms with E-state index in [9.17, 15) is 9.90 Å². The number of nitrogens with zero attached hydrogens (tertiary/aromatic N) is 1. The molecule has 2 rings (SSSR count). The number of benzene rings is 1. The van der Waals surface area contributed by atoms with Gasteiger partial charge in [0.2, 0.25) is 0 Å². The maximum Gasteiger partial charge on any atom is 0.159 e. The molecule has 1 heterocycles. The molecule has 1 aliphatic heterocycles. The van der Waals surface area contributed by atoms with Crippen molar-refractivity contribution in [1.82, 2.24) is 4.90 Å². The Bertz CT molecular complexity index is 553. The second-order valence-electron chi connectivity index (χ2n) is 7.11. The molecule has 0 radical (unpaired) electrons. The highest BCUT2D eigenvalue weighted by molar-refractivity contribution is 5.94. The van der Waals surface area contributed by atoms with Crippen LogP contribution in [-0.4, -0.2) is 54.7 Å². The molecule has 146 valence electrons. The Balaban J connectivity index is 1.92. The van der Waals surface area contributed by atoms with Gasteiger partial charge in [0.15, 0.2) is 5.78 Å². The van der Waals surface area contributed by atoms with E-state index in [4.69, 9.17) is 9.47 Å². The van der Waals surface area contributed by atoms with E-state index in [1.165, 1.54) is 25.7 Å². The molecule has 1 aliphatic rings. The summed E-state index contributed by atoms with van der Waals surface area (Å²) in [5.74, 6) is 0.704. The van der Waals surface area contributed by atoms with Crippen LogP contribution in [-0.2, 0) is 11.3 Å². The monoisotopic (exact) mass is 363 g/mol. The molecule has 0 aromatic heterocycles. The molecule has 1 fully saturated rings. The van der Waals surface area contributed by atoms with Crippen LogP contribution in [0, 0.1) is 0 Å². The van der Waals surface area contributed by atoms with Crippen LogP contribution in [0.2, 0.25) is 0 Å². The molecular weight excluding hydrogens is 330 g/mol. The zero-order valence-corrected chi connectivity index (χ0v) is 16.2. The minimum absolute atomic E-state index is 0.0227. The van der Waals surface area contributed by atoms with Gasteiger partial charge in [-0.05, 0) is 57.5 Å². The number of rotatable bonds is 10. The molecule has 0 spiro atoms. The second-order valence-corrected chi connectivity index (χ2v) is 7.11. The number of hydrogen-bond donors (Lipinski definition) is 1. The SMILES string of the molecule is CCCOCc1cc(C(C)=O)ccc1OCC(O)CN1CCCCCC1. The molecule has 0 aliphatic carbocycles. The van der Waals surface area contributed by atoms with Crippen LogP contribution in [0.1, 0.15) is 61.9 Å². The van der Waals surface area contributed by atoms with Crippen molar-refractivity contribution < 1.29 is 19.4 Å². The van der Waals surface area contributed by atoms with Crippen molar-refractivity contribution in [3.05, 3.63) is 29.3 Å². The third-order valence-electron chi connectivity index (χ3n) is 4.67. The first-order valence-corrected chi connectivity index (χ1v) is 9.85. The maximum atomic E-state index is 11.6. The Morgan fingerprint density at radius 2 is 1.96 bits per heavy atom. The quantitative estimate of drug-likeness (QED) is 0.510. The minimum Gasteiger partial charge on any atom is -0.490 e. The summed E-state index contributed by atoms with van der Waals surface area (Å²) in [6.07, 6.45) is 5.40. The van der Waals surface area contributed by atoms with Crippen molar-refractivity contribution in [2.24, 2.45) is 0 Å². The summed E-state index contributed by atoms with van der Waals surface area (Å²) in [7, 11) is 0. The van der Waals surface area contributed by atoms with Crippen LogP contribution in [0.4, 0.5) is 0 Å². The Morgan fingerprint density at radius 1 is 1.23 bits per heavy atom. The van der Waals surface area contributed by atoms with Crippen LogP contribution < -0.4 is 4.74 Å². The van der Waals surface area contributed by atoms with Crippen molar-refractivity contribution in [2.75, 3.05) is 32.8 Å². The number of ether oxygens (including phenoxy) is 2. The first-order valence-electron chi connectivity index (χ1n) is 9.85. The van der Waals surface area contributed by atoms with Gasteiger partial charge < -0.3 is 19.5 Å². The second kappa shape index (κ2) is 11.3. The highest BCUT2D eigenvalue weighted by Gasteiger charge is 2.15. The maximum absolute atomic E-state index is 11.6. The largest absolute Gasteiger partial charge is 0.490 e. The summed E-state index contributed by atoms with van der Waals surface area (Å²) in [5.41, 5.74) is 1.51. The van der Waals surface area contributed by atoms with Crippen LogP contribution in [0.3, 0.4) is 0 Å². The summed E-state index contributed by atoms with van der Waals surface area (Å²) in [4.78, 5) is 14.0. The van der Waals surface area contributed by atoms with Gasteiger partial charge in [0.1, 0.15) is 18.5 Å². The average molecular weight is 363 g/mol. The van der Waals surface area contributed by atoms with Gasteiger partial charge in [-0.2, -0.15) is 0 Å². The zero-order chi connectivity index (χ0) is 18.8. The van der Waals surface area contributed by atoms with Gasteiger partial charge in [0, 0.05) is 24.3 Å². The van der Waals surface area contributed by atoms with Crippen LogP contribution in [0.5, 0.6) is 5.75 Å². The third kappa shape index (κ3) is 7.06. The fraction of sp³-hybridized carbons (Fsp3) is 0.667. The molecule has 1 saturated heterocycles.